The Hall–Kier alpha value is -1.51. The molecule has 1 fully saturated rings. The Kier molecular flexibility index (Phi) is 4.05. The highest BCUT2D eigenvalue weighted by molar-refractivity contribution is 6.63. The van der Waals surface area contributed by atoms with Crippen molar-refractivity contribution in [2.45, 2.75) is 52.2 Å². The SMILES string of the molecule is COc1cc(C)cc(CC#N)c1B1OC(C)(C)C(C)(C)O1. The molecule has 1 aromatic carbocycles. The summed E-state index contributed by atoms with van der Waals surface area (Å²) < 4.78 is 17.7. The predicted molar refractivity (Wildman–Crippen MR) is 82.8 cm³/mol. The lowest BCUT2D eigenvalue weighted by molar-refractivity contribution is 0.00578. The molecule has 1 aliphatic heterocycles. The molecule has 0 saturated carbocycles. The third-order valence-electron chi connectivity index (χ3n) is 4.35. The molecule has 112 valence electrons. The van der Waals surface area contributed by atoms with Gasteiger partial charge in [-0.05, 0) is 51.8 Å². The second-order valence-corrected chi connectivity index (χ2v) is 6.46. The molecule has 0 amide bonds. The summed E-state index contributed by atoms with van der Waals surface area (Å²) >= 11 is 0. The van der Waals surface area contributed by atoms with Crippen molar-refractivity contribution in [3.63, 3.8) is 0 Å². The first-order valence-corrected chi connectivity index (χ1v) is 7.12. The number of nitrogens with zero attached hydrogens (tertiary/aromatic N) is 1. The van der Waals surface area contributed by atoms with Crippen molar-refractivity contribution in [1.29, 1.82) is 5.26 Å². The highest BCUT2D eigenvalue weighted by atomic mass is 16.7. The molecule has 2 rings (SSSR count). The van der Waals surface area contributed by atoms with Gasteiger partial charge in [0.1, 0.15) is 5.75 Å². The van der Waals surface area contributed by atoms with Gasteiger partial charge in [-0.25, -0.2) is 0 Å². The summed E-state index contributed by atoms with van der Waals surface area (Å²) in [5.74, 6) is 0.707. The van der Waals surface area contributed by atoms with Crippen LogP contribution >= 0.6 is 0 Å². The van der Waals surface area contributed by atoms with Crippen molar-refractivity contribution < 1.29 is 14.0 Å². The van der Waals surface area contributed by atoms with Crippen molar-refractivity contribution in [2.75, 3.05) is 7.11 Å². The first kappa shape index (κ1) is 15.9. The van der Waals surface area contributed by atoms with Gasteiger partial charge in [0.25, 0.3) is 0 Å². The summed E-state index contributed by atoms with van der Waals surface area (Å²) in [7, 11) is 1.11. The van der Waals surface area contributed by atoms with Crippen LogP contribution in [0.15, 0.2) is 12.1 Å². The van der Waals surface area contributed by atoms with E-state index in [1.165, 1.54) is 0 Å². The number of hydrogen-bond donors (Lipinski definition) is 0. The molecule has 0 unspecified atom stereocenters. The molecule has 5 heteroatoms. The van der Waals surface area contributed by atoms with Crippen LogP contribution in [0.1, 0.15) is 38.8 Å². The van der Waals surface area contributed by atoms with Crippen LogP contribution in [0.3, 0.4) is 0 Å². The van der Waals surface area contributed by atoms with Crippen LogP contribution in [-0.2, 0) is 15.7 Å². The zero-order chi connectivity index (χ0) is 15.8. The fourth-order valence-electron chi connectivity index (χ4n) is 2.47. The van der Waals surface area contributed by atoms with E-state index in [0.717, 1.165) is 16.6 Å². The van der Waals surface area contributed by atoms with E-state index in [4.69, 9.17) is 19.3 Å². The van der Waals surface area contributed by atoms with Gasteiger partial charge >= 0.3 is 7.12 Å². The minimum Gasteiger partial charge on any atom is -0.497 e. The van der Waals surface area contributed by atoms with Gasteiger partial charge in [0.2, 0.25) is 0 Å². The number of hydrogen-bond acceptors (Lipinski definition) is 4. The number of methoxy groups -OCH3 is 1. The first-order valence-electron chi connectivity index (χ1n) is 7.12. The maximum absolute atomic E-state index is 9.07. The molecule has 0 spiro atoms. The fraction of sp³-hybridized carbons (Fsp3) is 0.562. The van der Waals surface area contributed by atoms with Crippen LogP contribution < -0.4 is 10.2 Å². The van der Waals surface area contributed by atoms with Crippen molar-refractivity contribution in [1.82, 2.24) is 0 Å². The molecule has 0 N–H and O–H groups in total. The first-order chi connectivity index (χ1) is 9.71. The maximum atomic E-state index is 9.07. The van der Waals surface area contributed by atoms with Gasteiger partial charge in [0, 0.05) is 5.46 Å². The Bertz CT molecular complexity index is 574. The second kappa shape index (κ2) is 5.36. The Morgan fingerprint density at radius 1 is 1.19 bits per heavy atom. The summed E-state index contributed by atoms with van der Waals surface area (Å²) in [6.07, 6.45) is 0.303. The van der Waals surface area contributed by atoms with Gasteiger partial charge in [-0.2, -0.15) is 5.26 Å². The summed E-state index contributed by atoms with van der Waals surface area (Å²) in [6, 6.07) is 6.14. The van der Waals surface area contributed by atoms with Gasteiger partial charge in [-0.1, -0.05) is 6.07 Å². The summed E-state index contributed by atoms with van der Waals surface area (Å²) in [6.45, 7) is 10.0. The number of benzene rings is 1. The number of nitriles is 1. The largest absolute Gasteiger partial charge is 0.498 e. The maximum Gasteiger partial charge on any atom is 0.498 e. The monoisotopic (exact) mass is 287 g/mol. The average Bonchev–Trinajstić information content (AvgIpc) is 2.57. The van der Waals surface area contributed by atoms with E-state index in [2.05, 4.69) is 6.07 Å². The van der Waals surface area contributed by atoms with Crippen LogP contribution in [0.25, 0.3) is 0 Å². The van der Waals surface area contributed by atoms with Crippen molar-refractivity contribution in [2.24, 2.45) is 0 Å². The molecule has 1 saturated heterocycles. The van der Waals surface area contributed by atoms with Gasteiger partial charge in [-0.3, -0.25) is 0 Å². The van der Waals surface area contributed by atoms with E-state index < -0.39 is 18.3 Å². The zero-order valence-electron chi connectivity index (χ0n) is 13.6. The molecule has 1 heterocycles. The zero-order valence-corrected chi connectivity index (χ0v) is 13.6. The third-order valence-corrected chi connectivity index (χ3v) is 4.35. The molecule has 4 nitrogen and oxygen atoms in total. The van der Waals surface area contributed by atoms with Crippen molar-refractivity contribution in [3.05, 3.63) is 23.3 Å². The van der Waals surface area contributed by atoms with E-state index in [9.17, 15) is 0 Å². The van der Waals surface area contributed by atoms with Crippen LogP contribution in [0.4, 0.5) is 0 Å². The van der Waals surface area contributed by atoms with Gasteiger partial charge in [-0.15, -0.1) is 0 Å². The Morgan fingerprint density at radius 2 is 1.76 bits per heavy atom. The highest BCUT2D eigenvalue weighted by Gasteiger charge is 2.53. The molecule has 1 aliphatic rings. The molecule has 21 heavy (non-hydrogen) atoms. The standard InChI is InChI=1S/C16H22BNO3/c1-11-9-12(7-8-18)14(13(10-11)19-6)17-20-15(2,3)16(4,5)21-17/h9-10H,7H2,1-6H3. The smallest absolute Gasteiger partial charge is 0.497 e. The second-order valence-electron chi connectivity index (χ2n) is 6.46. The lowest BCUT2D eigenvalue weighted by Crippen LogP contribution is -2.41. The van der Waals surface area contributed by atoms with Gasteiger partial charge in [0.15, 0.2) is 0 Å². The molecule has 0 aliphatic carbocycles. The number of ether oxygens (including phenoxy) is 1. The third kappa shape index (κ3) is 2.79. The molecule has 0 bridgehead atoms. The normalized spacial score (nSPS) is 19.4. The Morgan fingerprint density at radius 3 is 2.24 bits per heavy atom. The fourth-order valence-corrected chi connectivity index (χ4v) is 2.47. The minimum atomic E-state index is -0.520. The summed E-state index contributed by atoms with van der Waals surface area (Å²) in [5.41, 5.74) is 1.93. The molecule has 1 aromatic rings. The molecule has 0 atom stereocenters. The topological polar surface area (TPSA) is 51.5 Å². The van der Waals surface area contributed by atoms with Crippen molar-refractivity contribution >= 4 is 12.6 Å². The van der Waals surface area contributed by atoms with Crippen molar-refractivity contribution in [3.8, 4) is 11.8 Å². The number of aryl methyl sites for hydroxylation is 1. The highest BCUT2D eigenvalue weighted by Crippen LogP contribution is 2.37. The van der Waals surface area contributed by atoms with E-state index in [-0.39, 0.29) is 0 Å². The summed E-state index contributed by atoms with van der Waals surface area (Å²) in [5, 5.41) is 9.07. The van der Waals surface area contributed by atoms with E-state index in [1.54, 1.807) is 7.11 Å². The Balaban J connectivity index is 2.51. The molecule has 0 radical (unpaired) electrons. The molecule has 0 aromatic heterocycles. The van der Waals surface area contributed by atoms with Gasteiger partial charge < -0.3 is 14.0 Å². The predicted octanol–water partition coefficient (Wildman–Crippen LogP) is 2.37. The lowest BCUT2D eigenvalue weighted by atomic mass is 9.74. The lowest BCUT2D eigenvalue weighted by Gasteiger charge is -2.32. The van der Waals surface area contributed by atoms with E-state index in [1.807, 2.05) is 46.8 Å². The quantitative estimate of drug-likeness (QED) is 0.801. The van der Waals surface area contributed by atoms with Crippen LogP contribution in [0, 0.1) is 18.3 Å². The van der Waals surface area contributed by atoms with E-state index >= 15 is 0 Å². The van der Waals surface area contributed by atoms with Gasteiger partial charge in [0.05, 0.1) is 30.8 Å². The summed E-state index contributed by atoms with van der Waals surface area (Å²) in [4.78, 5) is 0. The van der Waals surface area contributed by atoms with E-state index in [0.29, 0.717) is 12.2 Å². The van der Waals surface area contributed by atoms with Crippen LogP contribution in [0.2, 0.25) is 0 Å². The van der Waals surface area contributed by atoms with Crippen LogP contribution in [0.5, 0.6) is 5.75 Å². The molecular weight excluding hydrogens is 265 g/mol. The van der Waals surface area contributed by atoms with Crippen LogP contribution in [-0.4, -0.2) is 25.4 Å². The average molecular weight is 287 g/mol. The Labute approximate surface area is 127 Å². The number of rotatable bonds is 3. The minimum absolute atomic E-state index is 0.303. The molecular formula is C16H22BNO3.